The molecule has 0 aliphatic carbocycles. The van der Waals surface area contributed by atoms with Gasteiger partial charge in [-0.05, 0) is 49.2 Å². The molecule has 0 heterocycles. The molecule has 138 valence electrons. The lowest BCUT2D eigenvalue weighted by atomic mass is 10.2. The summed E-state index contributed by atoms with van der Waals surface area (Å²) in [6.07, 6.45) is 0. The molecule has 0 aliphatic heterocycles. The van der Waals surface area contributed by atoms with Gasteiger partial charge >= 0.3 is 0 Å². The molecule has 2 N–H and O–H groups in total. The number of hydrogen-bond acceptors (Lipinski definition) is 5. The van der Waals surface area contributed by atoms with E-state index in [1.807, 2.05) is 62.4 Å². The summed E-state index contributed by atoms with van der Waals surface area (Å²) < 4.78 is 0. The zero-order chi connectivity index (χ0) is 19.5. The van der Waals surface area contributed by atoms with Gasteiger partial charge in [0, 0.05) is 12.1 Å². The molecule has 3 aromatic rings. The summed E-state index contributed by atoms with van der Waals surface area (Å²) in [6, 6.07) is 23.8. The van der Waals surface area contributed by atoms with E-state index in [1.165, 1.54) is 17.7 Å². The fourth-order valence-corrected chi connectivity index (χ4v) is 2.13. The Morgan fingerprint density at radius 3 is 2.11 bits per heavy atom. The molecule has 0 fully saturated rings. The Bertz CT molecular complexity index is 898. The number of nitro benzene ring substituents is 1. The van der Waals surface area contributed by atoms with E-state index in [1.54, 1.807) is 18.2 Å². The molecule has 0 aromatic heterocycles. The van der Waals surface area contributed by atoms with Gasteiger partial charge in [-0.1, -0.05) is 47.7 Å². The van der Waals surface area contributed by atoms with Crippen LogP contribution in [0.1, 0.15) is 11.1 Å². The van der Waals surface area contributed by atoms with Crippen LogP contribution < -0.4 is 11.0 Å². The third kappa shape index (κ3) is 7.35. The Morgan fingerprint density at radius 2 is 1.52 bits per heavy atom. The maximum absolute atomic E-state index is 10.0. The van der Waals surface area contributed by atoms with Crippen LogP contribution in [0.15, 0.2) is 89.2 Å². The Labute approximate surface area is 157 Å². The van der Waals surface area contributed by atoms with Gasteiger partial charge in [0.2, 0.25) is 0 Å². The van der Waals surface area contributed by atoms with Crippen LogP contribution in [0.5, 0.6) is 0 Å². The number of non-ortho nitro benzene ring substituents is 1. The third-order valence-electron chi connectivity index (χ3n) is 3.40. The predicted octanol–water partition coefficient (Wildman–Crippen LogP) is 5.51. The number of anilines is 1. The highest BCUT2D eigenvalue weighted by molar-refractivity contribution is 5.44. The average Bonchev–Trinajstić information content (AvgIpc) is 2.67. The van der Waals surface area contributed by atoms with Gasteiger partial charge in [0.05, 0.1) is 16.3 Å². The van der Waals surface area contributed by atoms with Crippen LogP contribution in [-0.2, 0) is 0 Å². The average molecular weight is 363 g/mol. The van der Waals surface area contributed by atoms with E-state index in [0.29, 0.717) is 0 Å². The molecule has 0 aliphatic rings. The first-order valence-electron chi connectivity index (χ1n) is 8.29. The highest BCUT2D eigenvalue weighted by Gasteiger charge is 1.98. The van der Waals surface area contributed by atoms with Gasteiger partial charge in [-0.25, -0.2) is 5.53 Å². The highest BCUT2D eigenvalue weighted by Crippen LogP contribution is 2.13. The van der Waals surface area contributed by atoms with Gasteiger partial charge in [-0.3, -0.25) is 15.5 Å². The van der Waals surface area contributed by atoms with Crippen molar-refractivity contribution in [2.45, 2.75) is 13.8 Å². The monoisotopic (exact) mass is 363 g/mol. The second-order valence-corrected chi connectivity index (χ2v) is 5.74. The molecule has 27 heavy (non-hydrogen) atoms. The van der Waals surface area contributed by atoms with Crippen molar-refractivity contribution in [1.29, 1.82) is 0 Å². The molecule has 0 atom stereocenters. The third-order valence-corrected chi connectivity index (χ3v) is 3.40. The first-order valence-corrected chi connectivity index (χ1v) is 8.29. The molecular formula is C20H21N5O2. The molecule has 0 radical (unpaired) electrons. The Morgan fingerprint density at radius 1 is 0.852 bits per heavy atom. The number of hydrazine groups is 1. The standard InChI is InChI=1S/C14H16N4.C6H5NO2/c1-11-5-3-7-13(9-11)15-17-18-16-14-8-4-6-12(2)10-14;8-7(9)6-4-2-1-3-5-6/h3-10H,1-2H3,(H,15,18)(H,16,17);1-5H. The van der Waals surface area contributed by atoms with Gasteiger partial charge in [0.25, 0.3) is 5.69 Å². The molecule has 7 heteroatoms. The fraction of sp³-hybridized carbons (Fsp3) is 0.100. The first-order chi connectivity index (χ1) is 13.0. The lowest BCUT2D eigenvalue weighted by Gasteiger charge is -2.04. The van der Waals surface area contributed by atoms with Crippen LogP contribution in [0.4, 0.5) is 17.1 Å². The molecule has 3 aromatic carbocycles. The van der Waals surface area contributed by atoms with Crippen molar-refractivity contribution in [2.75, 3.05) is 5.43 Å². The second-order valence-electron chi connectivity index (χ2n) is 5.74. The number of hydrogen-bond donors (Lipinski definition) is 2. The number of rotatable bonds is 5. The van der Waals surface area contributed by atoms with Crippen LogP contribution in [0.3, 0.4) is 0 Å². The summed E-state index contributed by atoms with van der Waals surface area (Å²) in [7, 11) is 0. The Hall–Kier alpha value is -3.74. The quantitative estimate of drug-likeness (QED) is 0.355. The normalized spacial score (nSPS) is 10.0. The summed E-state index contributed by atoms with van der Waals surface area (Å²) in [6.45, 7) is 4.07. The Kier molecular flexibility index (Phi) is 7.47. The molecule has 0 saturated carbocycles. The van der Waals surface area contributed by atoms with Gasteiger partial charge in [0.1, 0.15) is 0 Å². The minimum absolute atomic E-state index is 0.137. The van der Waals surface area contributed by atoms with Crippen LogP contribution in [0.25, 0.3) is 0 Å². The van der Waals surface area contributed by atoms with Gasteiger partial charge in [-0.15, -0.1) is 5.11 Å². The molecule has 0 spiro atoms. The summed E-state index contributed by atoms with van der Waals surface area (Å²) in [5, 5.41) is 17.9. The topological polar surface area (TPSA) is 91.9 Å². The van der Waals surface area contributed by atoms with E-state index in [0.717, 1.165) is 16.9 Å². The Balaban J connectivity index is 0.000000244. The zero-order valence-electron chi connectivity index (χ0n) is 15.2. The number of nitrogens with one attached hydrogen (secondary N) is 2. The number of aryl methyl sites for hydroxylation is 2. The van der Waals surface area contributed by atoms with Gasteiger partial charge in [-0.2, -0.15) is 0 Å². The molecule has 0 amide bonds. The number of para-hydroxylation sites is 1. The summed E-state index contributed by atoms with van der Waals surface area (Å²) >= 11 is 0. The minimum atomic E-state index is -0.417. The van der Waals surface area contributed by atoms with Crippen molar-refractivity contribution in [3.63, 3.8) is 0 Å². The maximum atomic E-state index is 10.0. The van der Waals surface area contributed by atoms with Crippen molar-refractivity contribution in [3.8, 4) is 0 Å². The summed E-state index contributed by atoms with van der Waals surface area (Å²) in [5.74, 6) is 0. The SMILES string of the molecule is Cc1cccc(N=NNNc2cccc(C)c2)c1.O=[N+]([O-])c1ccccc1. The first kappa shape index (κ1) is 19.6. The summed E-state index contributed by atoms with van der Waals surface area (Å²) in [4.78, 5) is 9.59. The van der Waals surface area contributed by atoms with Gasteiger partial charge < -0.3 is 0 Å². The number of nitrogens with zero attached hydrogens (tertiary/aromatic N) is 3. The van der Waals surface area contributed by atoms with Crippen molar-refractivity contribution in [3.05, 3.63) is 100 Å². The van der Waals surface area contributed by atoms with E-state index in [4.69, 9.17) is 0 Å². The molecule has 0 unspecified atom stereocenters. The van der Waals surface area contributed by atoms with Crippen molar-refractivity contribution < 1.29 is 4.92 Å². The molecule has 3 rings (SSSR count). The van der Waals surface area contributed by atoms with Gasteiger partial charge in [0.15, 0.2) is 0 Å². The van der Waals surface area contributed by atoms with Crippen molar-refractivity contribution in [2.24, 2.45) is 10.3 Å². The highest BCUT2D eigenvalue weighted by atomic mass is 16.6. The molecule has 0 saturated heterocycles. The number of benzene rings is 3. The van der Waals surface area contributed by atoms with E-state index in [2.05, 4.69) is 21.3 Å². The minimum Gasteiger partial charge on any atom is -0.284 e. The fourth-order valence-electron chi connectivity index (χ4n) is 2.13. The van der Waals surface area contributed by atoms with E-state index >= 15 is 0 Å². The lowest BCUT2D eigenvalue weighted by Crippen LogP contribution is -2.13. The maximum Gasteiger partial charge on any atom is 0.269 e. The number of nitro groups is 1. The smallest absolute Gasteiger partial charge is 0.269 e. The van der Waals surface area contributed by atoms with Crippen LogP contribution in [0.2, 0.25) is 0 Å². The van der Waals surface area contributed by atoms with Crippen LogP contribution in [0, 0.1) is 24.0 Å². The predicted molar refractivity (Wildman–Crippen MR) is 107 cm³/mol. The van der Waals surface area contributed by atoms with Crippen LogP contribution >= 0.6 is 0 Å². The zero-order valence-corrected chi connectivity index (χ0v) is 15.2. The largest absolute Gasteiger partial charge is 0.284 e. The van der Waals surface area contributed by atoms with Crippen LogP contribution in [-0.4, -0.2) is 4.92 Å². The van der Waals surface area contributed by atoms with E-state index in [-0.39, 0.29) is 5.69 Å². The lowest BCUT2D eigenvalue weighted by molar-refractivity contribution is -0.384. The van der Waals surface area contributed by atoms with Crippen molar-refractivity contribution in [1.82, 2.24) is 5.53 Å². The van der Waals surface area contributed by atoms with E-state index < -0.39 is 4.92 Å². The molecular weight excluding hydrogens is 342 g/mol. The van der Waals surface area contributed by atoms with E-state index in [9.17, 15) is 10.1 Å². The van der Waals surface area contributed by atoms with Crippen molar-refractivity contribution >= 4 is 17.1 Å². The molecule has 0 bridgehead atoms. The molecule has 7 nitrogen and oxygen atoms in total. The summed E-state index contributed by atoms with van der Waals surface area (Å²) in [5.41, 5.74) is 9.94. The second kappa shape index (κ2) is 10.3.